The van der Waals surface area contributed by atoms with Crippen molar-refractivity contribution < 1.29 is 9.00 Å². The predicted octanol–water partition coefficient (Wildman–Crippen LogP) is 1.52. The molecule has 2 aromatic rings. The van der Waals surface area contributed by atoms with E-state index >= 15 is 0 Å². The molecule has 2 rings (SSSR count). The number of aryl methyl sites for hydroxylation is 1. The van der Waals surface area contributed by atoms with Gasteiger partial charge in [0.15, 0.2) is 0 Å². The van der Waals surface area contributed by atoms with Crippen molar-refractivity contribution in [2.24, 2.45) is 4.36 Å². The summed E-state index contributed by atoms with van der Waals surface area (Å²) >= 11 is 0. The van der Waals surface area contributed by atoms with Crippen molar-refractivity contribution in [3.63, 3.8) is 0 Å². The van der Waals surface area contributed by atoms with Crippen LogP contribution in [0.4, 0.5) is 0 Å². The summed E-state index contributed by atoms with van der Waals surface area (Å²) < 4.78 is 16.1. The molecular weight excluding hydrogens is 290 g/mol. The van der Waals surface area contributed by atoms with Crippen LogP contribution in [-0.4, -0.2) is 26.6 Å². The van der Waals surface area contributed by atoms with E-state index in [-0.39, 0.29) is 11.3 Å². The van der Waals surface area contributed by atoms with Gasteiger partial charge in [-0.25, -0.2) is 9.31 Å². The van der Waals surface area contributed by atoms with Gasteiger partial charge in [-0.15, -0.1) is 0 Å². The highest BCUT2D eigenvalue weighted by Crippen LogP contribution is 2.08. The Kier molecular flexibility index (Phi) is 4.32. The average Bonchev–Trinajstić information content (AvgIpc) is 2.41. The van der Waals surface area contributed by atoms with Crippen LogP contribution in [0.5, 0.6) is 0 Å². The standard InChI is InChI=1S/C14H15N3O3S/c1-10-8-12(13(18)16-15-10)14(19)17-21(2,20)9-11-6-4-3-5-7-11/h3-8H,9H2,1-2H3,(H,16,18). The van der Waals surface area contributed by atoms with E-state index in [1.807, 2.05) is 30.3 Å². The molecule has 1 aromatic carbocycles. The smallest absolute Gasteiger partial charge is 0.267 e. The van der Waals surface area contributed by atoms with E-state index < -0.39 is 21.2 Å². The van der Waals surface area contributed by atoms with Gasteiger partial charge in [0.05, 0.1) is 21.2 Å². The second-order valence-corrected chi connectivity index (χ2v) is 7.13. The van der Waals surface area contributed by atoms with Crippen LogP contribution in [0.1, 0.15) is 21.6 Å². The van der Waals surface area contributed by atoms with Crippen LogP contribution in [0.2, 0.25) is 0 Å². The Morgan fingerprint density at radius 2 is 2.00 bits per heavy atom. The molecule has 0 aliphatic heterocycles. The molecule has 0 saturated heterocycles. The summed E-state index contributed by atoms with van der Waals surface area (Å²) in [5.41, 5.74) is 0.523. The monoisotopic (exact) mass is 305 g/mol. The molecule has 0 bridgehead atoms. The molecule has 0 fully saturated rings. The zero-order chi connectivity index (χ0) is 15.5. The maximum absolute atomic E-state index is 12.4. The van der Waals surface area contributed by atoms with Crippen LogP contribution >= 0.6 is 0 Å². The highest BCUT2D eigenvalue weighted by Gasteiger charge is 2.14. The molecule has 0 saturated carbocycles. The molecule has 6 nitrogen and oxygen atoms in total. The summed E-state index contributed by atoms with van der Waals surface area (Å²) in [6.45, 7) is 1.64. The Hall–Kier alpha value is -2.28. The molecule has 110 valence electrons. The predicted molar refractivity (Wildman–Crippen MR) is 80.6 cm³/mol. The number of rotatable bonds is 3. The highest BCUT2D eigenvalue weighted by molar-refractivity contribution is 7.92. The first kappa shape index (κ1) is 15.1. The van der Waals surface area contributed by atoms with E-state index in [2.05, 4.69) is 14.6 Å². The van der Waals surface area contributed by atoms with Crippen molar-refractivity contribution in [3.8, 4) is 0 Å². The van der Waals surface area contributed by atoms with E-state index in [1.165, 1.54) is 12.3 Å². The minimum absolute atomic E-state index is 0.148. The first-order valence-electron chi connectivity index (χ1n) is 6.22. The summed E-state index contributed by atoms with van der Waals surface area (Å²) in [4.78, 5) is 23.6. The summed E-state index contributed by atoms with van der Waals surface area (Å²) in [5, 5.41) is 5.89. The molecule has 0 aliphatic rings. The quantitative estimate of drug-likeness (QED) is 0.930. The molecule has 0 aliphatic carbocycles. The van der Waals surface area contributed by atoms with Gasteiger partial charge in [0, 0.05) is 6.26 Å². The molecule has 1 unspecified atom stereocenters. The maximum Gasteiger partial charge on any atom is 0.290 e. The van der Waals surface area contributed by atoms with Gasteiger partial charge < -0.3 is 0 Å². The van der Waals surface area contributed by atoms with Crippen LogP contribution in [0, 0.1) is 6.92 Å². The van der Waals surface area contributed by atoms with Gasteiger partial charge in [-0.05, 0) is 18.6 Å². The van der Waals surface area contributed by atoms with Gasteiger partial charge >= 0.3 is 0 Å². The highest BCUT2D eigenvalue weighted by atomic mass is 32.2. The van der Waals surface area contributed by atoms with Crippen LogP contribution in [-0.2, 0) is 15.5 Å². The fourth-order valence-electron chi connectivity index (χ4n) is 1.81. The first-order valence-corrected chi connectivity index (χ1v) is 8.31. The zero-order valence-electron chi connectivity index (χ0n) is 11.7. The lowest BCUT2D eigenvalue weighted by Crippen LogP contribution is -2.19. The Labute approximate surface area is 122 Å². The molecule has 0 spiro atoms. The van der Waals surface area contributed by atoms with E-state index in [1.54, 1.807) is 6.92 Å². The van der Waals surface area contributed by atoms with Crippen molar-refractivity contribution in [2.75, 3.05) is 6.26 Å². The third-order valence-corrected chi connectivity index (χ3v) is 4.14. The number of nitrogens with zero attached hydrogens (tertiary/aromatic N) is 2. The lowest BCUT2D eigenvalue weighted by atomic mass is 10.2. The minimum atomic E-state index is -2.76. The Balaban J connectivity index is 2.33. The van der Waals surface area contributed by atoms with Crippen molar-refractivity contribution in [3.05, 3.63) is 63.6 Å². The summed E-state index contributed by atoms with van der Waals surface area (Å²) in [6.07, 6.45) is 1.40. The number of hydrogen-bond donors (Lipinski definition) is 1. The third-order valence-electron chi connectivity index (χ3n) is 2.72. The van der Waals surface area contributed by atoms with Crippen molar-refractivity contribution >= 4 is 15.6 Å². The van der Waals surface area contributed by atoms with Gasteiger partial charge in [0.2, 0.25) is 0 Å². The first-order chi connectivity index (χ1) is 9.87. The van der Waals surface area contributed by atoms with Gasteiger partial charge in [-0.3, -0.25) is 9.59 Å². The summed E-state index contributed by atoms with van der Waals surface area (Å²) in [5.74, 6) is -0.633. The van der Waals surface area contributed by atoms with Crippen molar-refractivity contribution in [2.45, 2.75) is 12.7 Å². The van der Waals surface area contributed by atoms with E-state index in [0.717, 1.165) is 5.56 Å². The zero-order valence-corrected chi connectivity index (χ0v) is 12.5. The van der Waals surface area contributed by atoms with Gasteiger partial charge in [0.1, 0.15) is 5.56 Å². The summed E-state index contributed by atoms with van der Waals surface area (Å²) in [6, 6.07) is 10.5. The maximum atomic E-state index is 12.4. The number of hydrogen-bond acceptors (Lipinski definition) is 4. The van der Waals surface area contributed by atoms with E-state index in [0.29, 0.717) is 5.69 Å². The third kappa shape index (κ3) is 4.09. The Bertz CT molecular complexity index is 834. The number of nitrogens with one attached hydrogen (secondary N) is 1. The molecule has 1 N–H and O–H groups in total. The number of aromatic amines is 1. The molecule has 21 heavy (non-hydrogen) atoms. The topological polar surface area (TPSA) is 92.2 Å². The molecule has 1 atom stereocenters. The van der Waals surface area contributed by atoms with Crippen LogP contribution in [0.15, 0.2) is 45.6 Å². The van der Waals surface area contributed by atoms with Crippen molar-refractivity contribution in [1.29, 1.82) is 0 Å². The average molecular weight is 305 g/mol. The second kappa shape index (κ2) is 6.01. The minimum Gasteiger partial charge on any atom is -0.267 e. The summed E-state index contributed by atoms with van der Waals surface area (Å²) in [7, 11) is -2.76. The molecule has 0 radical (unpaired) electrons. The van der Waals surface area contributed by atoms with E-state index in [4.69, 9.17) is 0 Å². The number of amides is 1. The molecule has 7 heteroatoms. The number of benzene rings is 1. The van der Waals surface area contributed by atoms with Crippen molar-refractivity contribution in [1.82, 2.24) is 10.2 Å². The van der Waals surface area contributed by atoms with Gasteiger partial charge in [0.25, 0.3) is 11.5 Å². The normalized spacial score (nSPS) is 13.4. The lowest BCUT2D eigenvalue weighted by molar-refractivity contribution is 0.100. The number of carbonyl (C=O) groups is 1. The lowest BCUT2D eigenvalue weighted by Gasteiger charge is -2.04. The van der Waals surface area contributed by atoms with Crippen LogP contribution in [0.25, 0.3) is 0 Å². The van der Waals surface area contributed by atoms with Gasteiger partial charge in [-0.1, -0.05) is 30.3 Å². The van der Waals surface area contributed by atoms with Crippen LogP contribution < -0.4 is 5.56 Å². The fraction of sp³-hybridized carbons (Fsp3) is 0.214. The van der Waals surface area contributed by atoms with E-state index in [9.17, 15) is 13.8 Å². The molecule has 1 heterocycles. The molecule has 1 amide bonds. The fourth-order valence-corrected chi connectivity index (χ4v) is 3.13. The number of H-pyrrole nitrogens is 1. The Morgan fingerprint density at radius 1 is 1.33 bits per heavy atom. The SMILES string of the molecule is Cc1cc(C(=O)N=S(C)(=O)Cc2ccccc2)c(=O)[nH]n1. The molecular formula is C14H15N3O3S. The molecule has 1 aromatic heterocycles. The second-order valence-electron chi connectivity index (χ2n) is 4.74. The van der Waals surface area contributed by atoms with Crippen LogP contribution in [0.3, 0.4) is 0 Å². The largest absolute Gasteiger partial charge is 0.290 e. The number of carbonyl (C=O) groups excluding carboxylic acids is 1. The number of aromatic nitrogens is 2. The Morgan fingerprint density at radius 3 is 2.67 bits per heavy atom. The van der Waals surface area contributed by atoms with Gasteiger partial charge in [-0.2, -0.15) is 9.46 Å².